The van der Waals surface area contributed by atoms with Gasteiger partial charge < -0.3 is 14.2 Å². The third-order valence-electron chi connectivity index (χ3n) is 3.84. The highest BCUT2D eigenvalue weighted by atomic mass is 16.7. The zero-order valence-corrected chi connectivity index (χ0v) is 9.82. The van der Waals surface area contributed by atoms with Gasteiger partial charge in [0.05, 0.1) is 25.9 Å². The van der Waals surface area contributed by atoms with Crippen molar-refractivity contribution in [1.82, 2.24) is 4.90 Å². The molecule has 1 saturated carbocycles. The SMILES string of the molecule is C1CCC2(C1)OC[C@@H](CN1CCOCC1)O2. The first-order valence-electron chi connectivity index (χ1n) is 6.48. The highest BCUT2D eigenvalue weighted by Crippen LogP contribution is 2.39. The van der Waals surface area contributed by atoms with E-state index in [1.54, 1.807) is 0 Å². The molecule has 4 heteroatoms. The molecule has 2 aliphatic heterocycles. The molecule has 3 rings (SSSR count). The lowest BCUT2D eigenvalue weighted by Crippen LogP contribution is -2.42. The van der Waals surface area contributed by atoms with E-state index >= 15 is 0 Å². The molecule has 0 radical (unpaired) electrons. The van der Waals surface area contributed by atoms with Crippen LogP contribution in [0.5, 0.6) is 0 Å². The molecule has 3 fully saturated rings. The normalized spacial score (nSPS) is 34.9. The smallest absolute Gasteiger partial charge is 0.168 e. The topological polar surface area (TPSA) is 30.9 Å². The van der Waals surface area contributed by atoms with Gasteiger partial charge in [-0.3, -0.25) is 4.90 Å². The summed E-state index contributed by atoms with van der Waals surface area (Å²) in [5.41, 5.74) is 0. The fourth-order valence-electron chi connectivity index (χ4n) is 2.95. The van der Waals surface area contributed by atoms with Crippen LogP contribution in [-0.4, -0.2) is 56.2 Å². The first kappa shape index (κ1) is 11.0. The Morgan fingerprint density at radius 3 is 2.62 bits per heavy atom. The van der Waals surface area contributed by atoms with E-state index in [9.17, 15) is 0 Å². The van der Waals surface area contributed by atoms with Gasteiger partial charge in [0.15, 0.2) is 5.79 Å². The number of hydrogen-bond acceptors (Lipinski definition) is 4. The summed E-state index contributed by atoms with van der Waals surface area (Å²) >= 11 is 0. The van der Waals surface area contributed by atoms with Gasteiger partial charge in [0.2, 0.25) is 0 Å². The summed E-state index contributed by atoms with van der Waals surface area (Å²) in [4.78, 5) is 2.42. The van der Waals surface area contributed by atoms with Crippen molar-refractivity contribution in [3.05, 3.63) is 0 Å². The van der Waals surface area contributed by atoms with Crippen LogP contribution in [0.1, 0.15) is 25.7 Å². The third kappa shape index (κ3) is 2.25. The second-order valence-corrected chi connectivity index (χ2v) is 5.08. The second-order valence-electron chi connectivity index (χ2n) is 5.08. The van der Waals surface area contributed by atoms with Gasteiger partial charge in [0, 0.05) is 32.5 Å². The average Bonchev–Trinajstić information content (AvgIpc) is 2.92. The minimum Gasteiger partial charge on any atom is -0.379 e. The first-order chi connectivity index (χ1) is 7.86. The van der Waals surface area contributed by atoms with Gasteiger partial charge in [-0.2, -0.15) is 0 Å². The molecule has 2 heterocycles. The third-order valence-corrected chi connectivity index (χ3v) is 3.84. The first-order valence-corrected chi connectivity index (χ1v) is 6.48. The van der Waals surface area contributed by atoms with Crippen LogP contribution in [0, 0.1) is 0 Å². The van der Waals surface area contributed by atoms with Gasteiger partial charge in [0.25, 0.3) is 0 Å². The van der Waals surface area contributed by atoms with Crippen LogP contribution in [-0.2, 0) is 14.2 Å². The van der Waals surface area contributed by atoms with Crippen molar-refractivity contribution in [3.63, 3.8) is 0 Å². The van der Waals surface area contributed by atoms with Crippen molar-refractivity contribution in [2.45, 2.75) is 37.6 Å². The van der Waals surface area contributed by atoms with Gasteiger partial charge in [-0.15, -0.1) is 0 Å². The maximum Gasteiger partial charge on any atom is 0.168 e. The van der Waals surface area contributed by atoms with Crippen LogP contribution < -0.4 is 0 Å². The summed E-state index contributed by atoms with van der Waals surface area (Å²) in [7, 11) is 0. The van der Waals surface area contributed by atoms with Crippen molar-refractivity contribution in [1.29, 1.82) is 0 Å². The highest BCUT2D eigenvalue weighted by molar-refractivity contribution is 4.85. The van der Waals surface area contributed by atoms with E-state index in [0.717, 1.165) is 52.3 Å². The Morgan fingerprint density at radius 1 is 1.12 bits per heavy atom. The largest absolute Gasteiger partial charge is 0.379 e. The van der Waals surface area contributed by atoms with Gasteiger partial charge in [-0.25, -0.2) is 0 Å². The van der Waals surface area contributed by atoms with E-state index in [0.29, 0.717) is 0 Å². The van der Waals surface area contributed by atoms with Crippen LogP contribution in [0.15, 0.2) is 0 Å². The van der Waals surface area contributed by atoms with E-state index in [1.807, 2.05) is 0 Å². The van der Waals surface area contributed by atoms with E-state index in [2.05, 4.69) is 4.90 Å². The molecule has 0 amide bonds. The van der Waals surface area contributed by atoms with Gasteiger partial charge in [-0.1, -0.05) is 0 Å². The fraction of sp³-hybridized carbons (Fsp3) is 1.00. The maximum absolute atomic E-state index is 6.11. The Morgan fingerprint density at radius 2 is 1.88 bits per heavy atom. The Hall–Kier alpha value is -0.160. The molecule has 2 saturated heterocycles. The van der Waals surface area contributed by atoms with Crippen molar-refractivity contribution in [2.24, 2.45) is 0 Å². The zero-order valence-electron chi connectivity index (χ0n) is 9.82. The number of morpholine rings is 1. The van der Waals surface area contributed by atoms with Gasteiger partial charge >= 0.3 is 0 Å². The molecule has 0 aromatic heterocycles. The summed E-state index contributed by atoms with van der Waals surface area (Å²) in [6.07, 6.45) is 4.96. The van der Waals surface area contributed by atoms with Crippen LogP contribution in [0.4, 0.5) is 0 Å². The molecule has 1 aliphatic carbocycles. The zero-order chi connectivity index (χ0) is 10.8. The predicted octanol–water partition coefficient (Wildman–Crippen LogP) is 1.00. The summed E-state index contributed by atoms with van der Waals surface area (Å²) in [5.74, 6) is -0.197. The molecule has 1 atom stereocenters. The Bertz CT molecular complexity index is 234. The number of ether oxygens (including phenoxy) is 3. The van der Waals surface area contributed by atoms with Crippen LogP contribution in [0.25, 0.3) is 0 Å². The maximum atomic E-state index is 6.11. The number of rotatable bonds is 2. The van der Waals surface area contributed by atoms with Gasteiger partial charge in [0.1, 0.15) is 0 Å². The molecular weight excluding hydrogens is 206 g/mol. The molecule has 16 heavy (non-hydrogen) atoms. The van der Waals surface area contributed by atoms with Gasteiger partial charge in [-0.05, 0) is 12.8 Å². The lowest BCUT2D eigenvalue weighted by molar-refractivity contribution is -0.164. The van der Waals surface area contributed by atoms with E-state index in [-0.39, 0.29) is 11.9 Å². The Kier molecular flexibility index (Phi) is 3.16. The highest BCUT2D eigenvalue weighted by Gasteiger charge is 2.43. The molecule has 0 aromatic carbocycles. The number of hydrogen-bond donors (Lipinski definition) is 0. The average molecular weight is 227 g/mol. The molecule has 3 aliphatic rings. The van der Waals surface area contributed by atoms with Crippen LogP contribution in [0.3, 0.4) is 0 Å². The standard InChI is InChI=1S/C12H21NO3/c1-2-4-12(3-1)15-10-11(16-12)9-13-5-7-14-8-6-13/h11H,1-10H2/t11-/m1/s1. The predicted molar refractivity (Wildman–Crippen MR) is 59.3 cm³/mol. The summed E-state index contributed by atoms with van der Waals surface area (Å²) in [5, 5.41) is 0. The fourth-order valence-corrected chi connectivity index (χ4v) is 2.95. The van der Waals surface area contributed by atoms with Crippen molar-refractivity contribution >= 4 is 0 Å². The molecule has 92 valence electrons. The molecular formula is C12H21NO3. The summed E-state index contributed by atoms with van der Waals surface area (Å²) < 4.78 is 17.3. The van der Waals surface area contributed by atoms with Crippen LogP contribution >= 0.6 is 0 Å². The molecule has 0 unspecified atom stereocenters. The minimum atomic E-state index is -0.197. The molecule has 0 N–H and O–H groups in total. The lowest BCUT2D eigenvalue weighted by atomic mass is 10.2. The molecule has 4 nitrogen and oxygen atoms in total. The molecule has 1 spiro atoms. The van der Waals surface area contributed by atoms with E-state index in [4.69, 9.17) is 14.2 Å². The Labute approximate surface area is 96.8 Å². The molecule has 0 aromatic rings. The van der Waals surface area contributed by atoms with Crippen molar-refractivity contribution in [3.8, 4) is 0 Å². The van der Waals surface area contributed by atoms with Crippen molar-refractivity contribution in [2.75, 3.05) is 39.5 Å². The lowest BCUT2D eigenvalue weighted by Gasteiger charge is -2.29. The van der Waals surface area contributed by atoms with E-state index < -0.39 is 0 Å². The summed E-state index contributed by atoms with van der Waals surface area (Å²) in [6.45, 7) is 5.57. The Balaban J connectivity index is 1.49. The monoisotopic (exact) mass is 227 g/mol. The van der Waals surface area contributed by atoms with Crippen molar-refractivity contribution < 1.29 is 14.2 Å². The number of nitrogens with zero attached hydrogens (tertiary/aromatic N) is 1. The minimum absolute atomic E-state index is 0.197. The second kappa shape index (κ2) is 4.61. The molecule has 0 bridgehead atoms. The quantitative estimate of drug-likeness (QED) is 0.704. The summed E-state index contributed by atoms with van der Waals surface area (Å²) in [6, 6.07) is 0. The van der Waals surface area contributed by atoms with Crippen LogP contribution in [0.2, 0.25) is 0 Å². The van der Waals surface area contributed by atoms with E-state index in [1.165, 1.54) is 12.8 Å².